The predicted octanol–water partition coefficient (Wildman–Crippen LogP) is 6.84. The zero-order valence-corrected chi connectivity index (χ0v) is 23.5. The lowest BCUT2D eigenvalue weighted by Gasteiger charge is -2.10. The molecule has 3 aromatic carbocycles. The zero-order valence-electron chi connectivity index (χ0n) is 21.2. The Morgan fingerprint density at radius 3 is 2.48 bits per heavy atom. The maximum atomic E-state index is 13.5. The number of esters is 1. The molecule has 2 heterocycles. The molecule has 0 aliphatic carbocycles. The molecule has 5 aromatic rings. The van der Waals surface area contributed by atoms with E-state index in [2.05, 4.69) is 31.4 Å². The van der Waals surface area contributed by atoms with E-state index >= 15 is 0 Å². The van der Waals surface area contributed by atoms with Crippen molar-refractivity contribution >= 4 is 56.5 Å². The van der Waals surface area contributed by atoms with Gasteiger partial charge in [0.2, 0.25) is 5.76 Å². The Kier molecular flexibility index (Phi) is 7.90. The summed E-state index contributed by atoms with van der Waals surface area (Å²) in [4.78, 5) is 29.1. The Labute approximate surface area is 241 Å². The molecule has 0 bridgehead atoms. The van der Waals surface area contributed by atoms with Crippen LogP contribution >= 0.6 is 27.5 Å². The van der Waals surface area contributed by atoms with E-state index in [-0.39, 0.29) is 17.2 Å². The summed E-state index contributed by atoms with van der Waals surface area (Å²) in [6.45, 7) is 0. The second-order valence-corrected chi connectivity index (χ2v) is 9.65. The molecule has 0 aliphatic rings. The van der Waals surface area contributed by atoms with Gasteiger partial charge >= 0.3 is 5.97 Å². The fraction of sp³-hybridized carbons (Fsp3) is 0.0690. The Morgan fingerprint density at radius 2 is 1.75 bits per heavy atom. The molecular weight excluding hydrogens is 602 g/mol. The SMILES string of the molecule is COc1ccc(OC)c2c(-c3ccccc3Cl)c(C(=O)NN=Cc3cc(Br)ccc3OC(=O)c3ccco3)[nH]c12. The van der Waals surface area contributed by atoms with E-state index in [0.29, 0.717) is 48.6 Å². The number of nitrogens with one attached hydrogen (secondary N) is 2. The number of fused-ring (bicyclic) bond motifs is 1. The van der Waals surface area contributed by atoms with Crippen LogP contribution in [0.15, 0.2) is 87.0 Å². The van der Waals surface area contributed by atoms with Crippen molar-refractivity contribution in [2.75, 3.05) is 14.2 Å². The number of ether oxygens (including phenoxy) is 3. The maximum absolute atomic E-state index is 13.5. The standard InChI is InChI=1S/C29H21BrClN3O6/c1-37-21-11-12-22(38-2)26-25(21)24(18-6-3-4-7-19(18)31)27(33-26)28(35)34-32-15-16-14-17(30)9-10-20(16)40-29(36)23-8-5-13-39-23/h3-15,33H,1-2H3,(H,34,35). The normalized spacial score (nSPS) is 11.1. The fourth-order valence-corrected chi connectivity index (χ4v) is 4.78. The first-order valence-electron chi connectivity index (χ1n) is 11.8. The summed E-state index contributed by atoms with van der Waals surface area (Å²) in [5, 5.41) is 5.20. The number of benzene rings is 3. The van der Waals surface area contributed by atoms with Gasteiger partial charge in [-0.25, -0.2) is 10.2 Å². The van der Waals surface area contributed by atoms with Gasteiger partial charge in [0, 0.05) is 26.2 Å². The summed E-state index contributed by atoms with van der Waals surface area (Å²) in [7, 11) is 3.08. The molecule has 5 rings (SSSR count). The molecule has 0 atom stereocenters. The number of methoxy groups -OCH3 is 2. The molecule has 40 heavy (non-hydrogen) atoms. The molecule has 11 heteroatoms. The summed E-state index contributed by atoms with van der Waals surface area (Å²) >= 11 is 9.96. The lowest BCUT2D eigenvalue weighted by Crippen LogP contribution is -2.19. The molecule has 9 nitrogen and oxygen atoms in total. The summed E-state index contributed by atoms with van der Waals surface area (Å²) < 4.78 is 22.4. The van der Waals surface area contributed by atoms with Crippen LogP contribution in [0.5, 0.6) is 17.2 Å². The van der Waals surface area contributed by atoms with Crippen molar-refractivity contribution in [3.05, 3.63) is 99.5 Å². The molecule has 2 aromatic heterocycles. The molecule has 1 amide bonds. The topological polar surface area (TPSA) is 115 Å². The third kappa shape index (κ3) is 5.31. The number of amides is 1. The highest BCUT2D eigenvalue weighted by Crippen LogP contribution is 2.44. The van der Waals surface area contributed by atoms with Crippen molar-refractivity contribution in [2.24, 2.45) is 5.10 Å². The van der Waals surface area contributed by atoms with Crippen LogP contribution in [0, 0.1) is 0 Å². The summed E-state index contributed by atoms with van der Waals surface area (Å²) in [6, 6.07) is 18.8. The van der Waals surface area contributed by atoms with Crippen LogP contribution in [-0.2, 0) is 0 Å². The van der Waals surface area contributed by atoms with E-state index in [0.717, 1.165) is 0 Å². The van der Waals surface area contributed by atoms with E-state index in [4.69, 9.17) is 30.2 Å². The van der Waals surface area contributed by atoms with Gasteiger partial charge in [-0.15, -0.1) is 0 Å². The highest BCUT2D eigenvalue weighted by Gasteiger charge is 2.25. The average molecular weight is 623 g/mol. The fourth-order valence-electron chi connectivity index (χ4n) is 4.17. The quantitative estimate of drug-likeness (QED) is 0.0847. The highest BCUT2D eigenvalue weighted by atomic mass is 79.9. The van der Waals surface area contributed by atoms with Gasteiger partial charge in [0.05, 0.1) is 37.6 Å². The monoisotopic (exact) mass is 621 g/mol. The van der Waals surface area contributed by atoms with Gasteiger partial charge in [-0.1, -0.05) is 45.7 Å². The van der Waals surface area contributed by atoms with Gasteiger partial charge in [-0.3, -0.25) is 4.79 Å². The first-order valence-corrected chi connectivity index (χ1v) is 13.0. The van der Waals surface area contributed by atoms with E-state index in [1.807, 2.05) is 12.1 Å². The number of carbonyl (C=O) groups excluding carboxylic acids is 2. The van der Waals surface area contributed by atoms with Crippen molar-refractivity contribution in [1.29, 1.82) is 0 Å². The van der Waals surface area contributed by atoms with Gasteiger partial charge in [-0.2, -0.15) is 5.10 Å². The molecule has 0 unspecified atom stereocenters. The molecule has 2 N–H and O–H groups in total. The smallest absolute Gasteiger partial charge is 0.379 e. The van der Waals surface area contributed by atoms with Crippen LogP contribution in [-0.4, -0.2) is 37.3 Å². The van der Waals surface area contributed by atoms with Gasteiger partial charge in [-0.05, 0) is 48.5 Å². The Morgan fingerprint density at radius 1 is 1.00 bits per heavy atom. The van der Waals surface area contributed by atoms with Crippen LogP contribution in [0.4, 0.5) is 0 Å². The zero-order chi connectivity index (χ0) is 28.2. The number of hydrogen-bond donors (Lipinski definition) is 2. The number of halogens is 2. The van der Waals surface area contributed by atoms with Gasteiger partial charge in [0.15, 0.2) is 0 Å². The predicted molar refractivity (Wildman–Crippen MR) is 155 cm³/mol. The highest BCUT2D eigenvalue weighted by molar-refractivity contribution is 9.10. The number of rotatable bonds is 8. The number of nitrogens with zero attached hydrogens (tertiary/aromatic N) is 1. The van der Waals surface area contributed by atoms with Crippen molar-refractivity contribution in [3.63, 3.8) is 0 Å². The third-order valence-corrected chi connectivity index (χ3v) is 6.78. The lowest BCUT2D eigenvalue weighted by atomic mass is 10.0. The second kappa shape index (κ2) is 11.7. The van der Waals surface area contributed by atoms with E-state index in [1.165, 1.54) is 25.7 Å². The molecule has 0 saturated heterocycles. The molecule has 0 fully saturated rings. The Balaban J connectivity index is 1.51. The molecular formula is C29H21BrClN3O6. The second-order valence-electron chi connectivity index (χ2n) is 8.32. The lowest BCUT2D eigenvalue weighted by molar-refractivity contribution is 0.0700. The number of hydrazone groups is 1. The third-order valence-electron chi connectivity index (χ3n) is 5.96. The van der Waals surface area contributed by atoms with Crippen molar-refractivity contribution < 1.29 is 28.2 Å². The minimum absolute atomic E-state index is 0.0517. The molecule has 0 spiro atoms. The van der Waals surface area contributed by atoms with Crippen LogP contribution in [0.2, 0.25) is 5.02 Å². The van der Waals surface area contributed by atoms with E-state index < -0.39 is 11.9 Å². The number of H-pyrrole nitrogens is 1. The Hall–Kier alpha value is -4.54. The molecule has 0 radical (unpaired) electrons. The number of aromatic nitrogens is 1. The van der Waals surface area contributed by atoms with Crippen LogP contribution in [0.1, 0.15) is 26.6 Å². The maximum Gasteiger partial charge on any atom is 0.379 e. The number of aromatic amines is 1. The van der Waals surface area contributed by atoms with Crippen molar-refractivity contribution in [3.8, 4) is 28.4 Å². The molecule has 202 valence electrons. The first-order chi connectivity index (χ1) is 19.4. The average Bonchev–Trinajstić information content (AvgIpc) is 3.63. The van der Waals surface area contributed by atoms with E-state index in [1.54, 1.807) is 55.6 Å². The minimum Gasteiger partial charge on any atom is -0.496 e. The largest absolute Gasteiger partial charge is 0.496 e. The van der Waals surface area contributed by atoms with Crippen LogP contribution in [0.3, 0.4) is 0 Å². The summed E-state index contributed by atoms with van der Waals surface area (Å²) in [6.07, 6.45) is 2.74. The van der Waals surface area contributed by atoms with E-state index in [9.17, 15) is 9.59 Å². The number of furan rings is 1. The molecule has 0 aliphatic heterocycles. The van der Waals surface area contributed by atoms with Crippen molar-refractivity contribution in [2.45, 2.75) is 0 Å². The summed E-state index contributed by atoms with van der Waals surface area (Å²) in [5.41, 5.74) is 4.88. The number of hydrogen-bond acceptors (Lipinski definition) is 7. The minimum atomic E-state index is -0.670. The van der Waals surface area contributed by atoms with Gasteiger partial charge in [0.1, 0.15) is 22.9 Å². The molecule has 0 saturated carbocycles. The van der Waals surface area contributed by atoms with Gasteiger partial charge < -0.3 is 23.6 Å². The van der Waals surface area contributed by atoms with Crippen LogP contribution < -0.4 is 19.6 Å². The number of carbonyl (C=O) groups is 2. The van der Waals surface area contributed by atoms with Crippen molar-refractivity contribution in [1.82, 2.24) is 10.4 Å². The Bertz CT molecular complexity index is 1750. The van der Waals surface area contributed by atoms with Crippen LogP contribution in [0.25, 0.3) is 22.0 Å². The summed E-state index contributed by atoms with van der Waals surface area (Å²) in [5.74, 6) is 0.104. The van der Waals surface area contributed by atoms with Gasteiger partial charge in [0.25, 0.3) is 5.91 Å². The first kappa shape index (κ1) is 27.0.